The lowest BCUT2D eigenvalue weighted by molar-refractivity contribution is 0.0954. The topological polar surface area (TPSA) is 51.9 Å². The van der Waals surface area contributed by atoms with E-state index in [1.165, 1.54) is 17.0 Å². The number of fused-ring (bicyclic) bond motifs is 1. The third-order valence-electron chi connectivity index (χ3n) is 4.79. The van der Waals surface area contributed by atoms with Gasteiger partial charge in [-0.25, -0.2) is 8.78 Å². The molecule has 0 N–H and O–H groups in total. The second kappa shape index (κ2) is 7.95. The zero-order chi connectivity index (χ0) is 20.4. The molecule has 29 heavy (non-hydrogen) atoms. The lowest BCUT2D eigenvalue weighted by Gasteiger charge is -2.29. The van der Waals surface area contributed by atoms with Gasteiger partial charge in [0, 0.05) is 18.2 Å². The first kappa shape index (κ1) is 19.0. The van der Waals surface area contributed by atoms with Crippen molar-refractivity contribution in [2.24, 2.45) is 0 Å². The van der Waals surface area contributed by atoms with Crippen molar-refractivity contribution in [2.75, 3.05) is 18.6 Å². The van der Waals surface area contributed by atoms with E-state index in [-0.39, 0.29) is 18.1 Å². The van der Waals surface area contributed by atoms with E-state index < -0.39 is 17.5 Å². The van der Waals surface area contributed by atoms with Gasteiger partial charge in [-0.1, -0.05) is 12.1 Å². The SMILES string of the molecule is COc1ccccc1OCc1ccc(C(=O)N2CCCc3c(F)cc(F)cc32)o1. The largest absolute Gasteiger partial charge is 0.493 e. The molecule has 0 saturated heterocycles. The molecule has 7 heteroatoms. The number of ether oxygens (including phenoxy) is 2. The Kier molecular flexibility index (Phi) is 5.20. The quantitative estimate of drug-likeness (QED) is 0.622. The molecular weight excluding hydrogens is 380 g/mol. The van der Waals surface area contributed by atoms with Gasteiger partial charge in [-0.3, -0.25) is 4.79 Å². The normalized spacial score (nSPS) is 13.1. The number of hydrogen-bond donors (Lipinski definition) is 0. The van der Waals surface area contributed by atoms with Crippen LogP contribution in [-0.4, -0.2) is 19.6 Å². The lowest BCUT2D eigenvalue weighted by Crippen LogP contribution is -2.35. The second-order valence-corrected chi connectivity index (χ2v) is 6.65. The van der Waals surface area contributed by atoms with Crippen LogP contribution in [0, 0.1) is 11.6 Å². The molecule has 2 aromatic carbocycles. The molecule has 5 nitrogen and oxygen atoms in total. The van der Waals surface area contributed by atoms with Crippen molar-refractivity contribution >= 4 is 11.6 Å². The van der Waals surface area contributed by atoms with Crippen molar-refractivity contribution in [2.45, 2.75) is 19.4 Å². The third kappa shape index (κ3) is 3.81. The summed E-state index contributed by atoms with van der Waals surface area (Å²) >= 11 is 0. The number of nitrogens with zero attached hydrogens (tertiary/aromatic N) is 1. The Labute approximate surface area is 166 Å². The summed E-state index contributed by atoms with van der Waals surface area (Å²) in [5.74, 6) is -0.129. The molecule has 0 spiro atoms. The molecule has 0 atom stereocenters. The van der Waals surface area contributed by atoms with Crippen molar-refractivity contribution in [3.05, 3.63) is 77.2 Å². The van der Waals surface area contributed by atoms with Gasteiger partial charge in [0.1, 0.15) is 24.0 Å². The van der Waals surface area contributed by atoms with Gasteiger partial charge < -0.3 is 18.8 Å². The van der Waals surface area contributed by atoms with Crippen LogP contribution in [0.25, 0.3) is 0 Å². The molecular formula is C22H19F2NO4. The Morgan fingerprint density at radius 1 is 1.14 bits per heavy atom. The molecule has 0 radical (unpaired) electrons. The fourth-order valence-electron chi connectivity index (χ4n) is 3.41. The zero-order valence-electron chi connectivity index (χ0n) is 15.8. The van der Waals surface area contributed by atoms with Crippen molar-refractivity contribution < 1.29 is 27.5 Å². The molecule has 0 unspecified atom stereocenters. The first-order chi connectivity index (χ1) is 14.1. The highest BCUT2D eigenvalue weighted by Crippen LogP contribution is 2.32. The van der Waals surface area contributed by atoms with Gasteiger partial charge in [0.05, 0.1) is 12.8 Å². The van der Waals surface area contributed by atoms with E-state index in [1.807, 2.05) is 12.1 Å². The van der Waals surface area contributed by atoms with Crippen LogP contribution < -0.4 is 14.4 Å². The molecule has 4 rings (SSSR count). The lowest BCUT2D eigenvalue weighted by atomic mass is 10.0. The van der Waals surface area contributed by atoms with Crippen LogP contribution in [0.5, 0.6) is 11.5 Å². The summed E-state index contributed by atoms with van der Waals surface area (Å²) in [6, 6.07) is 12.4. The number of carbonyl (C=O) groups is 1. The molecule has 0 bridgehead atoms. The molecule has 0 saturated carbocycles. The highest BCUT2D eigenvalue weighted by atomic mass is 19.1. The van der Waals surface area contributed by atoms with Crippen LogP contribution in [0.15, 0.2) is 52.9 Å². The van der Waals surface area contributed by atoms with Gasteiger partial charge in [0.2, 0.25) is 0 Å². The fraction of sp³-hybridized carbons (Fsp3) is 0.227. The Hall–Kier alpha value is -3.35. The minimum absolute atomic E-state index is 0.0844. The molecule has 1 aromatic heterocycles. The average molecular weight is 399 g/mol. The fourth-order valence-corrected chi connectivity index (χ4v) is 3.41. The summed E-state index contributed by atoms with van der Waals surface area (Å²) in [6.45, 7) is 0.468. The van der Waals surface area contributed by atoms with Gasteiger partial charge in [-0.2, -0.15) is 0 Å². The van der Waals surface area contributed by atoms with Gasteiger partial charge in [0.15, 0.2) is 17.3 Å². The van der Waals surface area contributed by atoms with Crippen molar-refractivity contribution in [3.8, 4) is 11.5 Å². The summed E-state index contributed by atoms with van der Waals surface area (Å²) in [5, 5.41) is 0. The molecule has 3 aromatic rings. The molecule has 150 valence electrons. The molecule has 2 heterocycles. The first-order valence-electron chi connectivity index (χ1n) is 9.21. The van der Waals surface area contributed by atoms with Gasteiger partial charge in [-0.05, 0) is 43.2 Å². The van der Waals surface area contributed by atoms with E-state index in [1.54, 1.807) is 25.3 Å². The molecule has 1 amide bonds. The second-order valence-electron chi connectivity index (χ2n) is 6.65. The number of halogens is 2. The summed E-state index contributed by atoms with van der Waals surface area (Å²) in [4.78, 5) is 14.3. The van der Waals surface area contributed by atoms with E-state index in [9.17, 15) is 13.6 Å². The van der Waals surface area contributed by atoms with Gasteiger partial charge >= 0.3 is 0 Å². The smallest absolute Gasteiger partial charge is 0.293 e. The first-order valence-corrected chi connectivity index (χ1v) is 9.21. The van der Waals surface area contributed by atoms with Crippen molar-refractivity contribution in [1.29, 1.82) is 0 Å². The monoisotopic (exact) mass is 399 g/mol. The zero-order valence-corrected chi connectivity index (χ0v) is 15.8. The highest BCUT2D eigenvalue weighted by molar-refractivity contribution is 6.05. The number of para-hydroxylation sites is 2. The Morgan fingerprint density at radius 2 is 1.93 bits per heavy atom. The Morgan fingerprint density at radius 3 is 2.72 bits per heavy atom. The number of rotatable bonds is 5. The minimum Gasteiger partial charge on any atom is -0.493 e. The number of carbonyl (C=O) groups excluding carboxylic acids is 1. The third-order valence-corrected chi connectivity index (χ3v) is 4.79. The molecule has 1 aliphatic rings. The predicted octanol–water partition coefficient (Wildman–Crippen LogP) is 4.74. The van der Waals surface area contributed by atoms with Crippen LogP contribution in [0.3, 0.4) is 0 Å². The number of furan rings is 1. The number of benzene rings is 2. The number of methoxy groups -OCH3 is 1. The molecule has 0 fully saturated rings. The summed E-state index contributed by atoms with van der Waals surface area (Å²) < 4.78 is 44.3. The summed E-state index contributed by atoms with van der Waals surface area (Å²) in [7, 11) is 1.55. The standard InChI is InChI=1S/C22H19F2NO4/c1-27-19-6-2-3-7-20(19)28-13-15-8-9-21(29-15)22(26)25-10-4-5-16-17(24)11-14(23)12-18(16)25/h2-3,6-9,11-12H,4-5,10,13H2,1H3. The summed E-state index contributed by atoms with van der Waals surface area (Å²) in [6.07, 6.45) is 1.05. The predicted molar refractivity (Wildman–Crippen MR) is 102 cm³/mol. The number of anilines is 1. The average Bonchev–Trinajstić information content (AvgIpc) is 3.20. The van der Waals surface area contributed by atoms with Crippen LogP contribution in [0.1, 0.15) is 28.3 Å². The molecule has 0 aliphatic carbocycles. The van der Waals surface area contributed by atoms with E-state index in [4.69, 9.17) is 13.9 Å². The van der Waals surface area contributed by atoms with Crippen LogP contribution in [-0.2, 0) is 13.0 Å². The van der Waals surface area contributed by atoms with Gasteiger partial charge in [-0.15, -0.1) is 0 Å². The highest BCUT2D eigenvalue weighted by Gasteiger charge is 2.28. The maximum absolute atomic E-state index is 14.1. The Bertz CT molecular complexity index is 1050. The van der Waals surface area contributed by atoms with E-state index >= 15 is 0 Å². The maximum atomic E-state index is 14.1. The number of hydrogen-bond acceptors (Lipinski definition) is 4. The van der Waals surface area contributed by atoms with Crippen LogP contribution in [0.2, 0.25) is 0 Å². The van der Waals surface area contributed by atoms with E-state index in [2.05, 4.69) is 0 Å². The molecule has 1 aliphatic heterocycles. The summed E-state index contributed by atoms with van der Waals surface area (Å²) in [5.41, 5.74) is 0.597. The van der Waals surface area contributed by atoms with Crippen LogP contribution in [0.4, 0.5) is 14.5 Å². The minimum atomic E-state index is -0.716. The van der Waals surface area contributed by atoms with E-state index in [0.717, 1.165) is 6.07 Å². The van der Waals surface area contributed by atoms with Crippen molar-refractivity contribution in [3.63, 3.8) is 0 Å². The van der Waals surface area contributed by atoms with E-state index in [0.29, 0.717) is 42.2 Å². The van der Waals surface area contributed by atoms with Crippen molar-refractivity contribution in [1.82, 2.24) is 0 Å². The Balaban J connectivity index is 1.51. The maximum Gasteiger partial charge on any atom is 0.293 e. The number of amides is 1. The van der Waals surface area contributed by atoms with Crippen LogP contribution >= 0.6 is 0 Å². The van der Waals surface area contributed by atoms with Gasteiger partial charge in [0.25, 0.3) is 5.91 Å².